The van der Waals surface area contributed by atoms with Crippen LogP contribution in [0.2, 0.25) is 0 Å². The van der Waals surface area contributed by atoms with Crippen LogP contribution in [0.15, 0.2) is 71.7 Å². The van der Waals surface area contributed by atoms with Gasteiger partial charge < -0.3 is 0 Å². The van der Waals surface area contributed by atoms with Crippen molar-refractivity contribution in [3.8, 4) is 0 Å². The van der Waals surface area contributed by atoms with E-state index in [1.54, 1.807) is 0 Å². The molecule has 0 unspecified atom stereocenters. The predicted octanol–water partition coefficient (Wildman–Crippen LogP) is 2.77. The molecule has 1 fully saturated rings. The van der Waals surface area contributed by atoms with Gasteiger partial charge in [0, 0.05) is 0 Å². The molecule has 28 heavy (non-hydrogen) atoms. The summed E-state index contributed by atoms with van der Waals surface area (Å²) in [5, 5.41) is 2.68. The summed E-state index contributed by atoms with van der Waals surface area (Å²) in [7, 11) is 2.73. The number of carbonyl (C=O) groups is 2. The van der Waals surface area contributed by atoms with Crippen molar-refractivity contribution in [3.63, 3.8) is 0 Å². The minimum atomic E-state index is -3.30. The van der Waals surface area contributed by atoms with Crippen molar-refractivity contribution in [2.24, 2.45) is 0 Å². The zero-order chi connectivity index (χ0) is 19.8. The van der Waals surface area contributed by atoms with E-state index in [-0.39, 0.29) is 0 Å². The van der Waals surface area contributed by atoms with E-state index in [1.165, 1.54) is 14.2 Å². The average molecular weight is 397 g/mol. The van der Waals surface area contributed by atoms with Gasteiger partial charge in [-0.2, -0.15) is 0 Å². The Balaban J connectivity index is 2.17. The molecule has 2 heterocycles. The normalized spacial score (nSPS) is 20.8. The summed E-state index contributed by atoms with van der Waals surface area (Å²) < 4.78 is 12.5. The molecule has 5 nitrogen and oxygen atoms in total. The fourth-order valence-corrected chi connectivity index (χ4v) is 12.3. The second-order valence-electron chi connectivity index (χ2n) is 7.16. The number of hydrogen-bond acceptors (Lipinski definition) is 5. The van der Waals surface area contributed by atoms with Crippen molar-refractivity contribution in [1.82, 2.24) is 4.67 Å². The summed E-state index contributed by atoms with van der Waals surface area (Å²) in [4.78, 5) is 25.9. The van der Waals surface area contributed by atoms with Crippen LogP contribution in [0.4, 0.5) is 0 Å². The van der Waals surface area contributed by atoms with Gasteiger partial charge in [0.05, 0.1) is 0 Å². The second kappa shape index (κ2) is 6.75. The molecule has 0 atom stereocenters. The third kappa shape index (κ3) is 2.11. The van der Waals surface area contributed by atoms with Gasteiger partial charge >= 0.3 is 164 Å². The maximum atomic E-state index is 13.2. The van der Waals surface area contributed by atoms with Gasteiger partial charge in [-0.3, -0.25) is 0 Å². The van der Waals surface area contributed by atoms with Crippen molar-refractivity contribution < 1.29 is 19.1 Å². The first-order chi connectivity index (χ1) is 13.6. The van der Waals surface area contributed by atoms with Crippen LogP contribution in [-0.4, -0.2) is 43.5 Å². The molecule has 146 valence electrons. The summed E-state index contributed by atoms with van der Waals surface area (Å²) in [6.07, 6.45) is 2.75. The van der Waals surface area contributed by atoms with E-state index in [4.69, 9.17) is 9.47 Å². The molecular weight excluding hydrogens is 373 g/mol. The second-order valence-corrected chi connectivity index (χ2v) is 12.1. The van der Waals surface area contributed by atoms with Crippen molar-refractivity contribution in [2.75, 3.05) is 26.9 Å². The Hall–Kier alpha value is -2.65. The number of ether oxygens (including phenoxy) is 2. The first kappa shape index (κ1) is 18.7. The summed E-state index contributed by atoms with van der Waals surface area (Å²) in [6, 6.07) is 20.3. The fraction of sp³-hybridized carbons (Fsp3) is 0.273. The molecule has 2 aromatic carbocycles. The van der Waals surface area contributed by atoms with Gasteiger partial charge in [0.15, 0.2) is 0 Å². The van der Waals surface area contributed by atoms with Gasteiger partial charge in [0.1, 0.15) is 0 Å². The molecule has 4 rings (SSSR count). The van der Waals surface area contributed by atoms with Crippen LogP contribution in [0.5, 0.6) is 0 Å². The van der Waals surface area contributed by atoms with E-state index in [0.29, 0.717) is 17.6 Å². The number of nitrogens with zero attached hydrogens (tertiary/aromatic N) is 1. The Labute approximate surface area is 164 Å². The van der Waals surface area contributed by atoms with Crippen LogP contribution in [0, 0.1) is 0 Å². The van der Waals surface area contributed by atoms with E-state index in [2.05, 4.69) is 28.9 Å². The standard InChI is InChI=1S/C22H24NO4P/c1-26-21(24)19-20(22(25)27-2)28(16-10-9-15-23(19)28,17-11-5-3-6-12-17)18-13-7-4-8-14-18/h3-8,11-14H,9-10,15-16H2,1-2H3. The van der Waals surface area contributed by atoms with Crippen LogP contribution in [0.3, 0.4) is 0 Å². The van der Waals surface area contributed by atoms with Gasteiger partial charge in [-0.15, -0.1) is 0 Å². The van der Waals surface area contributed by atoms with Crippen LogP contribution in [0.25, 0.3) is 0 Å². The SMILES string of the molecule is COC(=O)C1=C(C(=O)OC)P2(c3ccccc3)(c3ccccc3)CCCCN12. The summed E-state index contributed by atoms with van der Waals surface area (Å²) in [6.45, 7) is -2.58. The van der Waals surface area contributed by atoms with E-state index in [9.17, 15) is 9.59 Å². The Morgan fingerprint density at radius 3 is 1.86 bits per heavy atom. The van der Waals surface area contributed by atoms with Crippen LogP contribution >= 0.6 is 6.75 Å². The number of esters is 2. The van der Waals surface area contributed by atoms with Gasteiger partial charge in [-0.25, -0.2) is 0 Å². The molecule has 2 aliphatic heterocycles. The summed E-state index contributed by atoms with van der Waals surface area (Å²) in [5.74, 6) is -0.918. The molecular formula is C22H24NO4P. The molecule has 0 saturated carbocycles. The topological polar surface area (TPSA) is 55.8 Å². The minimum absolute atomic E-state index is 0.361. The quantitative estimate of drug-likeness (QED) is 0.587. The number of methoxy groups -OCH3 is 2. The van der Waals surface area contributed by atoms with E-state index < -0.39 is 18.7 Å². The molecule has 2 aliphatic rings. The molecule has 0 radical (unpaired) electrons. The van der Waals surface area contributed by atoms with E-state index in [1.807, 2.05) is 36.4 Å². The van der Waals surface area contributed by atoms with E-state index >= 15 is 0 Å². The number of carbonyl (C=O) groups excluding carboxylic acids is 2. The fourth-order valence-electron chi connectivity index (χ4n) is 5.02. The first-order valence-corrected chi connectivity index (χ1v) is 11.8. The monoisotopic (exact) mass is 397 g/mol. The third-order valence-corrected chi connectivity index (χ3v) is 12.9. The molecule has 0 aliphatic carbocycles. The molecule has 2 aromatic rings. The Bertz CT molecular complexity index is 916. The average Bonchev–Trinajstić information content (AvgIpc) is 2.75. The molecule has 0 spiro atoms. The van der Waals surface area contributed by atoms with Crippen molar-refractivity contribution in [2.45, 2.75) is 12.8 Å². The zero-order valence-electron chi connectivity index (χ0n) is 16.1. The summed E-state index contributed by atoms with van der Waals surface area (Å²) >= 11 is 0. The number of rotatable bonds is 4. The van der Waals surface area contributed by atoms with Gasteiger partial charge in [-0.05, 0) is 0 Å². The Morgan fingerprint density at radius 2 is 1.36 bits per heavy atom. The maximum absolute atomic E-state index is 13.2. The molecule has 0 bridgehead atoms. The van der Waals surface area contributed by atoms with Gasteiger partial charge in [0.2, 0.25) is 0 Å². The van der Waals surface area contributed by atoms with Crippen molar-refractivity contribution >= 4 is 29.3 Å². The molecule has 0 N–H and O–H groups in total. The van der Waals surface area contributed by atoms with E-state index in [0.717, 1.165) is 29.6 Å². The van der Waals surface area contributed by atoms with Crippen molar-refractivity contribution in [3.05, 3.63) is 71.7 Å². The van der Waals surface area contributed by atoms with Crippen molar-refractivity contribution in [1.29, 1.82) is 0 Å². The van der Waals surface area contributed by atoms with Gasteiger partial charge in [0.25, 0.3) is 0 Å². The Kier molecular flexibility index (Phi) is 4.51. The van der Waals surface area contributed by atoms with Gasteiger partial charge in [-0.1, -0.05) is 0 Å². The molecule has 1 saturated heterocycles. The predicted molar refractivity (Wildman–Crippen MR) is 111 cm³/mol. The zero-order valence-corrected chi connectivity index (χ0v) is 17.0. The number of benzene rings is 2. The number of hydrogen-bond donors (Lipinski definition) is 0. The third-order valence-electron chi connectivity index (χ3n) is 6.09. The van der Waals surface area contributed by atoms with Crippen LogP contribution < -0.4 is 10.6 Å². The summed E-state index contributed by atoms with van der Waals surface area (Å²) in [5.41, 5.74) is 0.361. The number of fused-ring (bicyclic) bond motifs is 1. The first-order valence-electron chi connectivity index (χ1n) is 9.43. The molecule has 0 aromatic heterocycles. The van der Waals surface area contributed by atoms with Crippen LogP contribution in [0.1, 0.15) is 12.8 Å². The van der Waals surface area contributed by atoms with Crippen LogP contribution in [-0.2, 0) is 19.1 Å². The Morgan fingerprint density at radius 1 is 0.821 bits per heavy atom. The molecule has 6 heteroatoms. The molecule has 0 amide bonds.